The minimum atomic E-state index is 0.165. The van der Waals surface area contributed by atoms with E-state index in [2.05, 4.69) is 20.2 Å². The van der Waals surface area contributed by atoms with Crippen LogP contribution in [0.3, 0.4) is 0 Å². The number of aromatic nitrogens is 4. The van der Waals surface area contributed by atoms with Crippen molar-refractivity contribution < 1.29 is 5.11 Å². The lowest BCUT2D eigenvalue weighted by Crippen LogP contribution is -1.88. The van der Waals surface area contributed by atoms with Crippen molar-refractivity contribution in [3.05, 3.63) is 47.7 Å². The van der Waals surface area contributed by atoms with E-state index in [0.29, 0.717) is 17.2 Å². The van der Waals surface area contributed by atoms with Gasteiger partial charge in [0.15, 0.2) is 11.6 Å². The van der Waals surface area contributed by atoms with Gasteiger partial charge in [0, 0.05) is 5.69 Å². The third-order valence-corrected chi connectivity index (χ3v) is 3.01. The van der Waals surface area contributed by atoms with Crippen molar-refractivity contribution in [3.8, 4) is 28.7 Å². The predicted molar refractivity (Wildman–Crippen MR) is 76.2 cm³/mol. The number of H-pyrrole nitrogens is 1. The van der Waals surface area contributed by atoms with Gasteiger partial charge in [-0.15, -0.1) is 0 Å². The normalized spacial score (nSPS) is 10.7. The molecule has 0 unspecified atom stereocenters. The zero-order chi connectivity index (χ0) is 14.1. The van der Waals surface area contributed by atoms with Gasteiger partial charge < -0.3 is 5.11 Å². The average Bonchev–Trinajstić information content (AvgIpc) is 2.91. The summed E-state index contributed by atoms with van der Waals surface area (Å²) in [5.74, 6) is 1.22. The second-order valence-electron chi connectivity index (χ2n) is 4.69. The summed E-state index contributed by atoms with van der Waals surface area (Å²) in [6.07, 6.45) is 0. The Bertz CT molecular complexity index is 764. The highest BCUT2D eigenvalue weighted by Gasteiger charge is 2.12. The molecule has 2 heterocycles. The van der Waals surface area contributed by atoms with Gasteiger partial charge in [0.2, 0.25) is 0 Å². The fourth-order valence-electron chi connectivity index (χ4n) is 2.00. The first-order valence-corrected chi connectivity index (χ1v) is 6.30. The molecule has 0 spiro atoms. The van der Waals surface area contributed by atoms with Crippen molar-refractivity contribution in [2.75, 3.05) is 0 Å². The third kappa shape index (κ3) is 2.25. The summed E-state index contributed by atoms with van der Waals surface area (Å²) < 4.78 is 0. The van der Waals surface area contributed by atoms with Crippen molar-refractivity contribution in [2.24, 2.45) is 0 Å². The Kier molecular flexibility index (Phi) is 2.95. The van der Waals surface area contributed by atoms with Crippen LogP contribution >= 0.6 is 0 Å². The molecule has 20 heavy (non-hydrogen) atoms. The number of hydrogen-bond donors (Lipinski definition) is 2. The van der Waals surface area contributed by atoms with Gasteiger partial charge in [0.25, 0.3) is 0 Å². The Morgan fingerprint density at radius 1 is 1.05 bits per heavy atom. The number of rotatable bonds is 2. The van der Waals surface area contributed by atoms with Crippen LogP contribution in [0.25, 0.3) is 22.9 Å². The van der Waals surface area contributed by atoms with Gasteiger partial charge in [0.1, 0.15) is 11.4 Å². The molecule has 0 aliphatic rings. The summed E-state index contributed by atoms with van der Waals surface area (Å²) >= 11 is 0. The lowest BCUT2D eigenvalue weighted by Gasteiger charge is -2.01. The van der Waals surface area contributed by atoms with Gasteiger partial charge in [0.05, 0.1) is 5.56 Å². The van der Waals surface area contributed by atoms with Crippen LogP contribution in [0, 0.1) is 13.8 Å². The quantitative estimate of drug-likeness (QED) is 0.748. The molecule has 0 fully saturated rings. The smallest absolute Gasteiger partial charge is 0.185 e. The van der Waals surface area contributed by atoms with Gasteiger partial charge in [-0.1, -0.05) is 17.7 Å². The standard InChI is InChI=1S/C15H14N4O/c1-9-6-7-13(20)11(8-9)14-17-15(19-18-14)12-5-3-4-10(2)16-12/h3-8,20H,1-2H3,(H,17,18,19). The van der Waals surface area contributed by atoms with E-state index in [1.165, 1.54) is 0 Å². The third-order valence-electron chi connectivity index (χ3n) is 3.01. The molecule has 0 aliphatic heterocycles. The Balaban J connectivity index is 2.04. The van der Waals surface area contributed by atoms with Crippen LogP contribution in [0.15, 0.2) is 36.4 Å². The first-order chi connectivity index (χ1) is 9.63. The molecule has 0 saturated heterocycles. The van der Waals surface area contributed by atoms with Crippen molar-refractivity contribution in [1.29, 1.82) is 0 Å². The van der Waals surface area contributed by atoms with Crippen LogP contribution in [0.5, 0.6) is 5.75 Å². The van der Waals surface area contributed by atoms with E-state index in [1.807, 2.05) is 44.2 Å². The van der Waals surface area contributed by atoms with Crippen LogP contribution < -0.4 is 0 Å². The maximum absolute atomic E-state index is 9.90. The number of aromatic amines is 1. The maximum Gasteiger partial charge on any atom is 0.185 e. The van der Waals surface area contributed by atoms with E-state index in [1.54, 1.807) is 6.07 Å². The molecule has 5 heteroatoms. The molecule has 1 aromatic carbocycles. The van der Waals surface area contributed by atoms with Crippen LogP contribution in [-0.4, -0.2) is 25.3 Å². The zero-order valence-corrected chi connectivity index (χ0v) is 11.3. The molecule has 3 aromatic rings. The highest BCUT2D eigenvalue weighted by Crippen LogP contribution is 2.28. The Morgan fingerprint density at radius 2 is 1.90 bits per heavy atom. The molecule has 0 bridgehead atoms. The van der Waals surface area contributed by atoms with Crippen molar-refractivity contribution in [1.82, 2.24) is 20.2 Å². The molecular weight excluding hydrogens is 252 g/mol. The number of nitrogens with zero attached hydrogens (tertiary/aromatic N) is 3. The molecule has 2 N–H and O–H groups in total. The van der Waals surface area contributed by atoms with E-state index in [0.717, 1.165) is 17.0 Å². The van der Waals surface area contributed by atoms with Gasteiger partial charge in [-0.25, -0.2) is 9.97 Å². The molecule has 100 valence electrons. The summed E-state index contributed by atoms with van der Waals surface area (Å²) in [6, 6.07) is 11.1. The minimum Gasteiger partial charge on any atom is -0.507 e. The van der Waals surface area contributed by atoms with E-state index in [4.69, 9.17) is 0 Å². The van der Waals surface area contributed by atoms with Gasteiger partial charge in [-0.2, -0.15) is 5.10 Å². The van der Waals surface area contributed by atoms with Gasteiger partial charge in [-0.3, -0.25) is 5.10 Å². The molecule has 0 atom stereocenters. The summed E-state index contributed by atoms with van der Waals surface area (Å²) in [6.45, 7) is 3.88. The number of phenols is 1. The highest BCUT2D eigenvalue weighted by atomic mass is 16.3. The average molecular weight is 266 g/mol. The molecule has 0 amide bonds. The summed E-state index contributed by atoms with van der Waals surface area (Å²) in [5, 5.41) is 16.9. The van der Waals surface area contributed by atoms with Gasteiger partial charge >= 0.3 is 0 Å². The topological polar surface area (TPSA) is 74.7 Å². The molecule has 0 radical (unpaired) electrons. The molecule has 0 aliphatic carbocycles. The van der Waals surface area contributed by atoms with Crippen molar-refractivity contribution >= 4 is 0 Å². The second-order valence-corrected chi connectivity index (χ2v) is 4.69. The van der Waals surface area contributed by atoms with Crippen LogP contribution in [0.1, 0.15) is 11.3 Å². The first-order valence-electron chi connectivity index (χ1n) is 6.30. The zero-order valence-electron chi connectivity index (χ0n) is 11.3. The Labute approximate surface area is 116 Å². The van der Waals surface area contributed by atoms with Crippen LogP contribution in [0.2, 0.25) is 0 Å². The second kappa shape index (κ2) is 4.77. The molecule has 5 nitrogen and oxygen atoms in total. The highest BCUT2D eigenvalue weighted by molar-refractivity contribution is 5.66. The number of aromatic hydroxyl groups is 1. The van der Waals surface area contributed by atoms with Gasteiger partial charge in [-0.05, 0) is 38.1 Å². The number of phenolic OH excluding ortho intramolecular Hbond substituents is 1. The number of aryl methyl sites for hydroxylation is 2. The fraction of sp³-hybridized carbons (Fsp3) is 0.133. The number of hydrogen-bond acceptors (Lipinski definition) is 4. The van der Waals surface area contributed by atoms with Crippen LogP contribution in [0.4, 0.5) is 0 Å². The SMILES string of the molecule is Cc1ccc(O)c(-c2n[nH]c(-c3cccc(C)n3)n2)c1. The summed E-state index contributed by atoms with van der Waals surface area (Å²) in [7, 11) is 0. The van der Waals surface area contributed by atoms with Crippen molar-refractivity contribution in [2.45, 2.75) is 13.8 Å². The van der Waals surface area contributed by atoms with E-state index < -0.39 is 0 Å². The molecule has 3 rings (SSSR count). The van der Waals surface area contributed by atoms with Crippen molar-refractivity contribution in [3.63, 3.8) is 0 Å². The monoisotopic (exact) mass is 266 g/mol. The molecular formula is C15H14N4O. The summed E-state index contributed by atoms with van der Waals surface area (Å²) in [5.41, 5.74) is 3.30. The largest absolute Gasteiger partial charge is 0.507 e. The molecule has 0 saturated carbocycles. The fourth-order valence-corrected chi connectivity index (χ4v) is 2.00. The number of pyridine rings is 1. The Hall–Kier alpha value is -2.69. The maximum atomic E-state index is 9.90. The lowest BCUT2D eigenvalue weighted by molar-refractivity contribution is 0.477. The number of benzene rings is 1. The van der Waals surface area contributed by atoms with E-state index in [9.17, 15) is 5.11 Å². The molecule has 2 aromatic heterocycles. The number of nitrogens with one attached hydrogen (secondary N) is 1. The minimum absolute atomic E-state index is 0.165. The lowest BCUT2D eigenvalue weighted by atomic mass is 10.1. The van der Waals surface area contributed by atoms with E-state index in [-0.39, 0.29) is 5.75 Å². The Morgan fingerprint density at radius 3 is 2.70 bits per heavy atom. The first kappa shape index (κ1) is 12.3. The van der Waals surface area contributed by atoms with Crippen LogP contribution in [-0.2, 0) is 0 Å². The van der Waals surface area contributed by atoms with E-state index >= 15 is 0 Å². The summed E-state index contributed by atoms with van der Waals surface area (Å²) in [4.78, 5) is 8.80. The predicted octanol–water partition coefficient (Wildman–Crippen LogP) is 2.86.